The Morgan fingerprint density at radius 3 is 2.48 bits per heavy atom. The Morgan fingerprint density at radius 2 is 1.81 bits per heavy atom. The van der Waals surface area contributed by atoms with Gasteiger partial charge in [-0.3, -0.25) is 4.90 Å². The number of ether oxygens (including phenoxy) is 1. The number of likely N-dealkylation sites (N-methyl/N-ethyl adjacent to an activating group) is 1. The van der Waals surface area contributed by atoms with Crippen molar-refractivity contribution in [3.05, 3.63) is 0 Å². The summed E-state index contributed by atoms with van der Waals surface area (Å²) in [5, 5.41) is 3.85. The fourth-order valence-corrected chi connectivity index (χ4v) is 4.02. The Morgan fingerprint density at radius 1 is 1.00 bits per heavy atom. The number of nitrogens with zero attached hydrogens (tertiary/aromatic N) is 1. The van der Waals surface area contributed by atoms with Crippen LogP contribution in [0.4, 0.5) is 0 Å². The molecule has 1 aliphatic carbocycles. The highest BCUT2D eigenvalue weighted by atomic mass is 16.5. The van der Waals surface area contributed by atoms with Crippen LogP contribution in [0, 0.1) is 0 Å². The lowest BCUT2D eigenvalue weighted by Gasteiger charge is -2.39. The Kier molecular flexibility index (Phi) is 8.05. The van der Waals surface area contributed by atoms with Gasteiger partial charge in [0.05, 0.1) is 6.10 Å². The summed E-state index contributed by atoms with van der Waals surface area (Å²) < 4.78 is 5.89. The fourth-order valence-electron chi connectivity index (χ4n) is 4.02. The number of rotatable bonds is 7. The predicted octanol–water partition coefficient (Wildman–Crippen LogP) is 3.58. The molecule has 1 N–H and O–H groups in total. The first-order chi connectivity index (χ1) is 10.3. The van der Waals surface area contributed by atoms with Gasteiger partial charge in [0.25, 0.3) is 0 Å². The normalized spacial score (nSPS) is 31.3. The number of nitrogens with one attached hydrogen (secondary N) is 1. The first kappa shape index (κ1) is 17.2. The topological polar surface area (TPSA) is 24.5 Å². The first-order valence-corrected chi connectivity index (χ1v) is 9.44. The zero-order chi connectivity index (χ0) is 14.9. The summed E-state index contributed by atoms with van der Waals surface area (Å²) in [5.74, 6) is 0. The van der Waals surface area contributed by atoms with Crippen molar-refractivity contribution >= 4 is 0 Å². The van der Waals surface area contributed by atoms with Gasteiger partial charge in [0.2, 0.25) is 0 Å². The summed E-state index contributed by atoms with van der Waals surface area (Å²) in [6.07, 6.45) is 12.6. The summed E-state index contributed by atoms with van der Waals surface area (Å²) in [4.78, 5) is 2.72. The average molecular weight is 296 g/mol. The van der Waals surface area contributed by atoms with Gasteiger partial charge in [-0.15, -0.1) is 0 Å². The Bertz CT molecular complexity index is 264. The molecule has 1 saturated heterocycles. The van der Waals surface area contributed by atoms with Crippen LogP contribution in [-0.2, 0) is 4.74 Å². The summed E-state index contributed by atoms with van der Waals surface area (Å²) in [5.41, 5.74) is 0. The van der Waals surface area contributed by atoms with Crippen LogP contribution in [0.2, 0.25) is 0 Å². The lowest BCUT2D eigenvalue weighted by atomic mass is 9.90. The molecule has 0 bridgehead atoms. The van der Waals surface area contributed by atoms with Crippen molar-refractivity contribution in [3.63, 3.8) is 0 Å². The molecule has 0 spiro atoms. The molecule has 0 aromatic carbocycles. The maximum Gasteiger partial charge on any atom is 0.0702 e. The van der Waals surface area contributed by atoms with Gasteiger partial charge in [-0.1, -0.05) is 39.5 Å². The van der Waals surface area contributed by atoms with Crippen LogP contribution in [0.5, 0.6) is 0 Å². The zero-order valence-electron chi connectivity index (χ0n) is 14.3. The minimum absolute atomic E-state index is 0.488. The molecule has 21 heavy (non-hydrogen) atoms. The highest BCUT2D eigenvalue weighted by molar-refractivity contribution is 4.87. The molecule has 0 amide bonds. The van der Waals surface area contributed by atoms with Gasteiger partial charge < -0.3 is 10.1 Å². The van der Waals surface area contributed by atoms with Crippen LogP contribution < -0.4 is 5.32 Å². The summed E-state index contributed by atoms with van der Waals surface area (Å²) in [6.45, 7) is 9.04. The Labute approximate surface area is 131 Å². The highest BCUT2D eigenvalue weighted by Gasteiger charge is 2.29. The van der Waals surface area contributed by atoms with Crippen molar-refractivity contribution in [1.29, 1.82) is 0 Å². The summed E-state index contributed by atoms with van der Waals surface area (Å²) in [6, 6.07) is 1.40. The largest absolute Gasteiger partial charge is 0.377 e. The molecular formula is C18H36N2O. The van der Waals surface area contributed by atoms with Gasteiger partial charge in [-0.05, 0) is 45.2 Å². The molecular weight excluding hydrogens is 260 g/mol. The third-order valence-corrected chi connectivity index (χ3v) is 5.22. The van der Waals surface area contributed by atoms with Gasteiger partial charge in [-0.25, -0.2) is 0 Å². The van der Waals surface area contributed by atoms with Crippen molar-refractivity contribution < 1.29 is 4.74 Å². The van der Waals surface area contributed by atoms with Gasteiger partial charge in [0.1, 0.15) is 0 Å². The monoisotopic (exact) mass is 296 g/mol. The van der Waals surface area contributed by atoms with Crippen LogP contribution in [0.25, 0.3) is 0 Å². The van der Waals surface area contributed by atoms with Gasteiger partial charge in [0.15, 0.2) is 0 Å². The second kappa shape index (κ2) is 9.81. The quantitative estimate of drug-likeness (QED) is 0.777. The molecule has 1 saturated carbocycles. The third kappa shape index (κ3) is 5.54. The second-order valence-electron chi connectivity index (χ2n) is 6.84. The lowest BCUT2D eigenvalue weighted by molar-refractivity contribution is 0.0452. The van der Waals surface area contributed by atoms with E-state index in [-0.39, 0.29) is 0 Å². The van der Waals surface area contributed by atoms with E-state index >= 15 is 0 Å². The molecule has 1 heterocycles. The van der Waals surface area contributed by atoms with E-state index in [9.17, 15) is 0 Å². The van der Waals surface area contributed by atoms with E-state index in [1.165, 1.54) is 64.3 Å². The predicted molar refractivity (Wildman–Crippen MR) is 89.8 cm³/mol. The molecule has 0 aromatic heterocycles. The minimum atomic E-state index is 0.488. The van der Waals surface area contributed by atoms with E-state index in [2.05, 4.69) is 24.1 Å². The number of hydrogen-bond acceptors (Lipinski definition) is 3. The van der Waals surface area contributed by atoms with Crippen LogP contribution in [0.1, 0.15) is 71.6 Å². The first-order valence-electron chi connectivity index (χ1n) is 9.44. The van der Waals surface area contributed by atoms with Gasteiger partial charge >= 0.3 is 0 Å². The SMILES string of the molecule is CCCNC1CCCCCCC1N(CC)CC1CCCO1. The smallest absolute Gasteiger partial charge is 0.0702 e. The molecule has 1 aliphatic heterocycles. The summed E-state index contributed by atoms with van der Waals surface area (Å²) in [7, 11) is 0. The molecule has 3 nitrogen and oxygen atoms in total. The second-order valence-corrected chi connectivity index (χ2v) is 6.84. The van der Waals surface area contributed by atoms with E-state index in [0.717, 1.165) is 19.7 Å². The van der Waals surface area contributed by atoms with Gasteiger partial charge in [-0.2, -0.15) is 0 Å². The standard InChI is InChI=1S/C18H36N2O/c1-3-13-19-17-11-7-5-6-8-12-18(17)20(4-2)15-16-10-9-14-21-16/h16-19H,3-15H2,1-2H3. The average Bonchev–Trinajstić information content (AvgIpc) is 2.98. The molecule has 0 aromatic rings. The molecule has 3 atom stereocenters. The van der Waals surface area contributed by atoms with Crippen LogP contribution in [0.3, 0.4) is 0 Å². The minimum Gasteiger partial charge on any atom is -0.377 e. The van der Waals surface area contributed by atoms with Crippen LogP contribution in [0.15, 0.2) is 0 Å². The van der Waals surface area contributed by atoms with E-state index in [1.807, 2.05) is 0 Å². The van der Waals surface area contributed by atoms with Crippen LogP contribution >= 0.6 is 0 Å². The third-order valence-electron chi connectivity index (χ3n) is 5.22. The highest BCUT2D eigenvalue weighted by Crippen LogP contribution is 2.24. The van der Waals surface area contributed by atoms with Gasteiger partial charge in [0, 0.05) is 25.2 Å². The van der Waals surface area contributed by atoms with Crippen molar-refractivity contribution in [2.24, 2.45) is 0 Å². The Hall–Kier alpha value is -0.120. The molecule has 2 rings (SSSR count). The fraction of sp³-hybridized carbons (Fsp3) is 1.00. The van der Waals surface area contributed by atoms with E-state index in [0.29, 0.717) is 18.2 Å². The number of hydrogen-bond donors (Lipinski definition) is 1. The van der Waals surface area contributed by atoms with Crippen molar-refractivity contribution in [3.8, 4) is 0 Å². The maximum absolute atomic E-state index is 5.89. The van der Waals surface area contributed by atoms with Crippen molar-refractivity contribution in [2.45, 2.75) is 89.8 Å². The molecule has 2 fully saturated rings. The molecule has 2 aliphatic rings. The maximum atomic E-state index is 5.89. The van der Waals surface area contributed by atoms with E-state index in [1.54, 1.807) is 0 Å². The molecule has 3 heteroatoms. The molecule has 0 radical (unpaired) electrons. The zero-order valence-corrected chi connectivity index (χ0v) is 14.3. The van der Waals surface area contributed by atoms with E-state index < -0.39 is 0 Å². The Balaban J connectivity index is 1.96. The van der Waals surface area contributed by atoms with Crippen LogP contribution in [-0.4, -0.2) is 49.3 Å². The molecule has 3 unspecified atom stereocenters. The molecule has 124 valence electrons. The van der Waals surface area contributed by atoms with Crippen molar-refractivity contribution in [2.75, 3.05) is 26.2 Å². The lowest BCUT2D eigenvalue weighted by Crippen LogP contribution is -2.52. The van der Waals surface area contributed by atoms with Crippen molar-refractivity contribution in [1.82, 2.24) is 10.2 Å². The van der Waals surface area contributed by atoms with E-state index in [4.69, 9.17) is 4.74 Å². The summed E-state index contributed by atoms with van der Waals surface area (Å²) >= 11 is 0.